The van der Waals surface area contributed by atoms with Crippen molar-refractivity contribution in [3.8, 4) is 5.69 Å². The number of esters is 1. The van der Waals surface area contributed by atoms with Crippen molar-refractivity contribution in [2.24, 2.45) is 0 Å². The average Bonchev–Trinajstić information content (AvgIpc) is 3.14. The molecule has 1 aromatic heterocycles. The molecule has 1 aliphatic rings. The van der Waals surface area contributed by atoms with E-state index < -0.39 is 5.97 Å². The highest BCUT2D eigenvalue weighted by atomic mass is 16.5. The Morgan fingerprint density at radius 3 is 2.53 bits per heavy atom. The summed E-state index contributed by atoms with van der Waals surface area (Å²) in [5.41, 5.74) is 4.71. The zero-order chi connectivity index (χ0) is 21.1. The van der Waals surface area contributed by atoms with Crippen LogP contribution < -0.4 is 5.32 Å². The molecule has 2 aromatic carbocycles. The van der Waals surface area contributed by atoms with E-state index in [1.165, 1.54) is 0 Å². The fourth-order valence-electron chi connectivity index (χ4n) is 3.58. The van der Waals surface area contributed by atoms with Crippen LogP contribution >= 0.6 is 0 Å². The number of ether oxygens (including phenoxy) is 1. The number of aromatic nitrogens is 2. The molecule has 2 heterocycles. The number of amides is 2. The number of benzene rings is 2. The molecule has 0 bridgehead atoms. The van der Waals surface area contributed by atoms with Gasteiger partial charge in [-0.3, -0.25) is 0 Å². The number of aryl methyl sites for hydroxylation is 1. The third-order valence-electron chi connectivity index (χ3n) is 5.12. The standard InChI is InChI=1S/C23H24N4O3/c1-3-30-22(28)21-19-15-26(23(29)24-17-7-5-4-6-8-17)14-13-20(19)27(25-21)18-11-9-16(2)10-12-18/h4-12H,3,13-15H2,1-2H3,(H,24,29). The summed E-state index contributed by atoms with van der Waals surface area (Å²) in [5, 5.41) is 7.48. The van der Waals surface area contributed by atoms with Crippen molar-refractivity contribution in [1.82, 2.24) is 14.7 Å². The third kappa shape index (κ3) is 3.91. The lowest BCUT2D eigenvalue weighted by Crippen LogP contribution is -2.39. The van der Waals surface area contributed by atoms with E-state index in [1.807, 2.05) is 61.5 Å². The predicted octanol–water partition coefficient (Wildman–Crippen LogP) is 3.95. The van der Waals surface area contributed by atoms with Gasteiger partial charge in [0.15, 0.2) is 5.69 Å². The molecule has 3 aromatic rings. The number of rotatable bonds is 4. The Labute approximate surface area is 175 Å². The normalized spacial score (nSPS) is 12.9. The Balaban J connectivity index is 1.65. The van der Waals surface area contributed by atoms with E-state index in [0.29, 0.717) is 19.5 Å². The molecule has 0 saturated heterocycles. The number of para-hydroxylation sites is 1. The number of hydrogen-bond acceptors (Lipinski definition) is 4. The van der Waals surface area contributed by atoms with Gasteiger partial charge in [-0.15, -0.1) is 0 Å². The first-order valence-electron chi connectivity index (χ1n) is 10.0. The van der Waals surface area contributed by atoms with Gasteiger partial charge in [-0.05, 0) is 38.1 Å². The molecular formula is C23H24N4O3. The van der Waals surface area contributed by atoms with Crippen molar-refractivity contribution in [2.45, 2.75) is 26.8 Å². The number of anilines is 1. The second-order valence-electron chi connectivity index (χ2n) is 7.21. The summed E-state index contributed by atoms with van der Waals surface area (Å²) in [6.07, 6.45) is 0.595. The zero-order valence-corrected chi connectivity index (χ0v) is 17.1. The fourth-order valence-corrected chi connectivity index (χ4v) is 3.58. The lowest BCUT2D eigenvalue weighted by molar-refractivity contribution is 0.0516. The van der Waals surface area contributed by atoms with E-state index >= 15 is 0 Å². The van der Waals surface area contributed by atoms with Gasteiger partial charge in [0.25, 0.3) is 0 Å². The number of nitrogens with zero attached hydrogens (tertiary/aromatic N) is 3. The summed E-state index contributed by atoms with van der Waals surface area (Å²) in [4.78, 5) is 27.0. The third-order valence-corrected chi connectivity index (χ3v) is 5.12. The van der Waals surface area contributed by atoms with E-state index in [-0.39, 0.29) is 18.3 Å². The number of hydrogen-bond donors (Lipinski definition) is 1. The quantitative estimate of drug-likeness (QED) is 0.668. The van der Waals surface area contributed by atoms with Crippen LogP contribution in [0, 0.1) is 6.92 Å². The van der Waals surface area contributed by atoms with Gasteiger partial charge in [0.2, 0.25) is 0 Å². The van der Waals surface area contributed by atoms with Crippen molar-refractivity contribution in [2.75, 3.05) is 18.5 Å². The molecule has 0 radical (unpaired) electrons. The summed E-state index contributed by atoms with van der Waals surface area (Å²) in [7, 11) is 0. The summed E-state index contributed by atoms with van der Waals surface area (Å²) in [5.74, 6) is -0.468. The van der Waals surface area contributed by atoms with Gasteiger partial charge in [0.05, 0.1) is 24.5 Å². The minimum absolute atomic E-state index is 0.204. The highest BCUT2D eigenvalue weighted by Crippen LogP contribution is 2.27. The van der Waals surface area contributed by atoms with Gasteiger partial charge in [-0.2, -0.15) is 5.10 Å². The Morgan fingerprint density at radius 1 is 1.10 bits per heavy atom. The summed E-state index contributed by atoms with van der Waals surface area (Å²) in [6, 6.07) is 17.1. The Kier molecular flexibility index (Phi) is 5.52. The maximum atomic E-state index is 12.8. The first-order chi connectivity index (χ1) is 14.6. The topological polar surface area (TPSA) is 76.5 Å². The smallest absolute Gasteiger partial charge is 0.359 e. The molecule has 1 N–H and O–H groups in total. The number of carbonyl (C=O) groups excluding carboxylic acids is 2. The highest BCUT2D eigenvalue weighted by Gasteiger charge is 2.31. The lowest BCUT2D eigenvalue weighted by atomic mass is 10.0. The molecule has 30 heavy (non-hydrogen) atoms. The van der Waals surface area contributed by atoms with E-state index in [0.717, 1.165) is 28.2 Å². The largest absolute Gasteiger partial charge is 0.461 e. The molecule has 7 heteroatoms. The molecule has 1 aliphatic heterocycles. The van der Waals surface area contributed by atoms with Crippen molar-refractivity contribution in [3.63, 3.8) is 0 Å². The number of fused-ring (bicyclic) bond motifs is 1. The Morgan fingerprint density at radius 2 is 1.83 bits per heavy atom. The number of urea groups is 1. The van der Waals surface area contributed by atoms with Crippen LogP contribution in [0.25, 0.3) is 5.69 Å². The van der Waals surface area contributed by atoms with Crippen LogP contribution in [0.2, 0.25) is 0 Å². The van der Waals surface area contributed by atoms with E-state index in [9.17, 15) is 9.59 Å². The molecule has 0 unspecified atom stereocenters. The van der Waals surface area contributed by atoms with E-state index in [4.69, 9.17) is 4.74 Å². The van der Waals surface area contributed by atoms with Crippen LogP contribution in [-0.4, -0.2) is 39.8 Å². The van der Waals surface area contributed by atoms with Gasteiger partial charge in [0, 0.05) is 24.2 Å². The first kappa shape index (κ1) is 19.7. The van der Waals surface area contributed by atoms with Crippen LogP contribution in [0.5, 0.6) is 0 Å². The maximum absolute atomic E-state index is 12.8. The van der Waals surface area contributed by atoms with Crippen LogP contribution in [-0.2, 0) is 17.7 Å². The minimum Gasteiger partial charge on any atom is -0.461 e. The number of carbonyl (C=O) groups is 2. The van der Waals surface area contributed by atoms with Crippen molar-refractivity contribution < 1.29 is 14.3 Å². The Hall–Kier alpha value is -3.61. The molecule has 2 amide bonds. The van der Waals surface area contributed by atoms with E-state index in [1.54, 1.807) is 16.5 Å². The van der Waals surface area contributed by atoms with Gasteiger partial charge in [0.1, 0.15) is 0 Å². The summed E-state index contributed by atoms with van der Waals surface area (Å²) >= 11 is 0. The monoisotopic (exact) mass is 404 g/mol. The molecule has 4 rings (SSSR count). The molecular weight excluding hydrogens is 380 g/mol. The highest BCUT2D eigenvalue weighted by molar-refractivity contribution is 5.91. The summed E-state index contributed by atoms with van der Waals surface area (Å²) < 4.78 is 7.02. The van der Waals surface area contributed by atoms with Crippen molar-refractivity contribution in [3.05, 3.63) is 77.1 Å². The van der Waals surface area contributed by atoms with Crippen molar-refractivity contribution >= 4 is 17.7 Å². The summed E-state index contributed by atoms with van der Waals surface area (Å²) in [6.45, 7) is 4.89. The van der Waals surface area contributed by atoms with Crippen molar-refractivity contribution in [1.29, 1.82) is 0 Å². The fraction of sp³-hybridized carbons (Fsp3) is 0.261. The molecule has 0 atom stereocenters. The lowest BCUT2D eigenvalue weighted by Gasteiger charge is -2.28. The Bertz CT molecular complexity index is 1060. The molecule has 0 aliphatic carbocycles. The molecule has 7 nitrogen and oxygen atoms in total. The SMILES string of the molecule is CCOC(=O)c1nn(-c2ccc(C)cc2)c2c1CN(C(=O)Nc1ccccc1)CC2. The van der Waals surface area contributed by atoms with Crippen LogP contribution in [0.1, 0.15) is 34.2 Å². The van der Waals surface area contributed by atoms with Gasteiger partial charge in [-0.1, -0.05) is 35.9 Å². The average molecular weight is 404 g/mol. The first-order valence-corrected chi connectivity index (χ1v) is 10.0. The van der Waals surface area contributed by atoms with Gasteiger partial charge >= 0.3 is 12.0 Å². The number of nitrogens with one attached hydrogen (secondary N) is 1. The molecule has 0 spiro atoms. The molecule has 154 valence electrons. The molecule has 0 saturated carbocycles. The van der Waals surface area contributed by atoms with E-state index in [2.05, 4.69) is 10.4 Å². The second-order valence-corrected chi connectivity index (χ2v) is 7.21. The maximum Gasteiger partial charge on any atom is 0.359 e. The predicted molar refractivity (Wildman–Crippen MR) is 114 cm³/mol. The van der Waals surface area contributed by atoms with Gasteiger partial charge in [-0.25, -0.2) is 14.3 Å². The van der Waals surface area contributed by atoms with Crippen LogP contribution in [0.4, 0.5) is 10.5 Å². The van der Waals surface area contributed by atoms with Crippen LogP contribution in [0.3, 0.4) is 0 Å². The van der Waals surface area contributed by atoms with Gasteiger partial charge < -0.3 is 15.0 Å². The zero-order valence-electron chi connectivity index (χ0n) is 17.1. The second kappa shape index (κ2) is 8.41. The minimum atomic E-state index is -0.468. The molecule has 0 fully saturated rings. The van der Waals surface area contributed by atoms with Crippen LogP contribution in [0.15, 0.2) is 54.6 Å².